The van der Waals surface area contributed by atoms with Gasteiger partial charge in [-0.15, -0.1) is 0 Å². The number of esters is 3. The smallest absolute Gasteiger partial charge is 0.306 e. The molecule has 12 unspecified atom stereocenters. The van der Waals surface area contributed by atoms with Gasteiger partial charge in [-0.1, -0.05) is 216 Å². The normalized spacial score (nSPS) is 16.8. The lowest BCUT2D eigenvalue weighted by molar-refractivity contribution is -0.167. The Hall–Kier alpha value is -1.83. The highest BCUT2D eigenvalue weighted by atomic mass is 16.6. The van der Waals surface area contributed by atoms with Crippen molar-refractivity contribution in [3.8, 4) is 0 Å². The fourth-order valence-corrected chi connectivity index (χ4v) is 12.9. The van der Waals surface area contributed by atoms with E-state index in [-0.39, 0.29) is 98.8 Å². The van der Waals surface area contributed by atoms with Crippen LogP contribution in [-0.4, -0.2) is 117 Å². The molecule has 0 aromatic carbocycles. The molecule has 0 aliphatic rings. The molecule has 12 atom stereocenters. The minimum Gasteiger partial charge on any atom is -0.462 e. The predicted molar refractivity (Wildman–Crippen MR) is 335 cm³/mol. The second-order valence-electron chi connectivity index (χ2n) is 24.1. The molecule has 0 rings (SSSR count). The standard InChI is InChI=1S/C69H134O12/c1-16-25-28-31-34-37-40-54(19-4)64(76-13)51-59(24-9)63(75-12)45-48-69(72)81-60(52-79-67(70)46-43-55(20-5)65(77-14)49-57(22-7)61(73-10)41-38-35-32-29-26-17-2)53-80-68(71)47-44-56(21-6)66(78-15)50-58(23-8)62(74-11)42-39-36-33-30-27-18-3/h54-66H,16-53H2,1-15H3. The maximum atomic E-state index is 13.8. The van der Waals surface area contributed by atoms with E-state index >= 15 is 0 Å². The Bertz CT molecular complexity index is 1360. The van der Waals surface area contributed by atoms with E-state index in [0.717, 1.165) is 77.0 Å². The van der Waals surface area contributed by atoms with Gasteiger partial charge in [0.2, 0.25) is 0 Å². The summed E-state index contributed by atoms with van der Waals surface area (Å²) in [5, 5.41) is 0. The summed E-state index contributed by atoms with van der Waals surface area (Å²) in [7, 11) is 10.8. The van der Waals surface area contributed by atoms with Crippen LogP contribution in [0, 0.1) is 35.5 Å². The van der Waals surface area contributed by atoms with Crippen LogP contribution >= 0.6 is 0 Å². The van der Waals surface area contributed by atoms with Crippen molar-refractivity contribution in [3.05, 3.63) is 0 Å². The van der Waals surface area contributed by atoms with Gasteiger partial charge >= 0.3 is 17.9 Å². The van der Waals surface area contributed by atoms with Gasteiger partial charge in [-0.25, -0.2) is 0 Å². The van der Waals surface area contributed by atoms with Gasteiger partial charge in [0.25, 0.3) is 0 Å². The summed E-state index contributed by atoms with van der Waals surface area (Å²) in [6.07, 6.45) is 35.6. The lowest BCUT2D eigenvalue weighted by Gasteiger charge is -2.32. The van der Waals surface area contributed by atoms with Gasteiger partial charge in [0.15, 0.2) is 6.10 Å². The summed E-state index contributed by atoms with van der Waals surface area (Å²) in [6.45, 7) is 19.5. The zero-order valence-corrected chi connectivity index (χ0v) is 55.8. The molecule has 0 saturated heterocycles. The monoisotopic (exact) mass is 1150 g/mol. The molecule has 0 aromatic rings. The second kappa shape index (κ2) is 53.6. The number of rotatable bonds is 59. The van der Waals surface area contributed by atoms with Crippen LogP contribution in [-0.2, 0) is 57.0 Å². The highest BCUT2D eigenvalue weighted by Gasteiger charge is 2.32. The molecule has 81 heavy (non-hydrogen) atoms. The fourth-order valence-electron chi connectivity index (χ4n) is 12.9. The summed E-state index contributed by atoms with van der Waals surface area (Å²) >= 11 is 0. The Morgan fingerprint density at radius 1 is 0.284 bits per heavy atom. The molecule has 12 nitrogen and oxygen atoms in total. The first-order valence-corrected chi connectivity index (χ1v) is 34.0. The molecule has 482 valence electrons. The number of hydrogen-bond acceptors (Lipinski definition) is 12. The van der Waals surface area contributed by atoms with Crippen molar-refractivity contribution < 1.29 is 57.0 Å². The molecule has 0 bridgehead atoms. The van der Waals surface area contributed by atoms with Crippen molar-refractivity contribution in [3.63, 3.8) is 0 Å². The third kappa shape index (κ3) is 36.7. The van der Waals surface area contributed by atoms with Gasteiger partial charge in [-0.2, -0.15) is 0 Å². The molecule has 0 amide bonds. The van der Waals surface area contributed by atoms with Crippen LogP contribution in [0.15, 0.2) is 0 Å². The topological polar surface area (TPSA) is 134 Å². The minimum absolute atomic E-state index is 0.0263. The summed E-state index contributed by atoms with van der Waals surface area (Å²) in [6, 6.07) is 0. The first kappa shape index (κ1) is 79.2. The van der Waals surface area contributed by atoms with Crippen molar-refractivity contribution in [2.45, 2.75) is 336 Å². The molecule has 0 aliphatic heterocycles. The number of carbonyl (C=O) groups is 3. The van der Waals surface area contributed by atoms with Crippen LogP contribution in [0.25, 0.3) is 0 Å². The van der Waals surface area contributed by atoms with Crippen molar-refractivity contribution in [2.75, 3.05) is 55.9 Å². The van der Waals surface area contributed by atoms with Crippen molar-refractivity contribution >= 4 is 17.9 Å². The SMILES string of the molecule is CCCCCCCCC(CC)C(CC(CC)C(CCC(=O)OC(COC(=O)CCC(CC)C(CC(CC)C(CCCCCCCC)OC)OC)COC(=O)CCC(CC)C(CC(CC)C(CCCCCCCC)OC)OC)OC)OC. The largest absolute Gasteiger partial charge is 0.462 e. The third-order valence-electron chi connectivity index (χ3n) is 18.6. The minimum atomic E-state index is -0.966. The van der Waals surface area contributed by atoms with Gasteiger partial charge in [0.1, 0.15) is 13.2 Å². The van der Waals surface area contributed by atoms with E-state index in [2.05, 4.69) is 62.3 Å². The molecule has 0 heterocycles. The maximum Gasteiger partial charge on any atom is 0.306 e. The Morgan fingerprint density at radius 2 is 0.556 bits per heavy atom. The van der Waals surface area contributed by atoms with E-state index in [1.807, 2.05) is 21.3 Å². The third-order valence-corrected chi connectivity index (χ3v) is 18.6. The number of unbranched alkanes of at least 4 members (excludes halogenated alkanes) is 15. The average Bonchev–Trinajstić information content (AvgIpc) is 3.48. The molecule has 0 aromatic heterocycles. The number of ether oxygens (including phenoxy) is 9. The van der Waals surface area contributed by atoms with E-state index in [4.69, 9.17) is 42.6 Å². The summed E-state index contributed by atoms with van der Waals surface area (Å²) < 4.78 is 54.5. The summed E-state index contributed by atoms with van der Waals surface area (Å²) in [5.74, 6) is 0.450. The number of carbonyl (C=O) groups excluding carboxylic acids is 3. The predicted octanol–water partition coefficient (Wildman–Crippen LogP) is 18.0. The van der Waals surface area contributed by atoms with E-state index in [0.29, 0.717) is 37.0 Å². The maximum absolute atomic E-state index is 13.8. The van der Waals surface area contributed by atoms with Crippen molar-refractivity contribution in [1.29, 1.82) is 0 Å². The second-order valence-corrected chi connectivity index (χ2v) is 24.1. The quantitative estimate of drug-likeness (QED) is 0.0326. The van der Waals surface area contributed by atoms with E-state index < -0.39 is 12.1 Å². The zero-order valence-electron chi connectivity index (χ0n) is 55.8. The van der Waals surface area contributed by atoms with Crippen LogP contribution in [0.1, 0.15) is 293 Å². The first-order chi connectivity index (χ1) is 39.3. The number of hydrogen-bond donors (Lipinski definition) is 0. The molecule has 0 radical (unpaired) electrons. The lowest BCUT2D eigenvalue weighted by atomic mass is 9.83. The number of methoxy groups -OCH3 is 6. The van der Waals surface area contributed by atoms with Crippen LogP contribution in [0.4, 0.5) is 0 Å². The van der Waals surface area contributed by atoms with Crippen LogP contribution in [0.3, 0.4) is 0 Å². The van der Waals surface area contributed by atoms with E-state index in [1.165, 1.54) is 116 Å². The van der Waals surface area contributed by atoms with E-state index in [9.17, 15) is 14.4 Å². The zero-order chi connectivity index (χ0) is 60.5. The van der Waals surface area contributed by atoms with Crippen LogP contribution in [0.5, 0.6) is 0 Å². The molecule has 0 aliphatic carbocycles. The molecule has 0 fully saturated rings. The summed E-state index contributed by atoms with van der Waals surface area (Å²) in [4.78, 5) is 41.0. The first-order valence-electron chi connectivity index (χ1n) is 34.0. The highest BCUT2D eigenvalue weighted by Crippen LogP contribution is 2.33. The molecule has 0 spiro atoms. The Kier molecular flexibility index (Phi) is 52.4. The van der Waals surface area contributed by atoms with Crippen LogP contribution in [0.2, 0.25) is 0 Å². The Balaban J connectivity index is 6.09. The van der Waals surface area contributed by atoms with E-state index in [1.54, 1.807) is 21.3 Å². The molecule has 0 N–H and O–H groups in total. The Labute approximate surface area is 500 Å². The lowest BCUT2D eigenvalue weighted by Crippen LogP contribution is -2.34. The van der Waals surface area contributed by atoms with Gasteiger partial charge in [0, 0.05) is 61.9 Å². The van der Waals surface area contributed by atoms with Gasteiger partial charge < -0.3 is 42.6 Å². The molecular weight excluding hydrogens is 1020 g/mol. The fraction of sp³-hybridized carbons (Fsp3) is 0.957. The Morgan fingerprint density at radius 3 is 0.864 bits per heavy atom. The van der Waals surface area contributed by atoms with Gasteiger partial charge in [0.05, 0.1) is 36.6 Å². The van der Waals surface area contributed by atoms with Gasteiger partial charge in [-0.3, -0.25) is 14.4 Å². The highest BCUT2D eigenvalue weighted by molar-refractivity contribution is 5.71. The summed E-state index contributed by atoms with van der Waals surface area (Å²) in [5.41, 5.74) is 0. The van der Waals surface area contributed by atoms with Crippen molar-refractivity contribution in [2.24, 2.45) is 35.5 Å². The molecule has 0 saturated carbocycles. The van der Waals surface area contributed by atoms with Gasteiger partial charge in [-0.05, 0) is 93.3 Å². The molecule has 12 heteroatoms. The van der Waals surface area contributed by atoms with Crippen molar-refractivity contribution in [1.82, 2.24) is 0 Å². The average molecular weight is 1160 g/mol. The molecular formula is C69H134O12. The van der Waals surface area contributed by atoms with Crippen LogP contribution < -0.4 is 0 Å².